The van der Waals surface area contributed by atoms with Crippen molar-refractivity contribution in [1.29, 1.82) is 0 Å². The highest BCUT2D eigenvalue weighted by atomic mass is 32.1. The van der Waals surface area contributed by atoms with Gasteiger partial charge in [-0.25, -0.2) is 0 Å². The van der Waals surface area contributed by atoms with E-state index in [1.54, 1.807) is 29.8 Å². The van der Waals surface area contributed by atoms with Gasteiger partial charge in [0.25, 0.3) is 0 Å². The molecule has 0 radical (unpaired) electrons. The van der Waals surface area contributed by atoms with E-state index in [0.717, 1.165) is 12.2 Å². The van der Waals surface area contributed by atoms with E-state index in [0.29, 0.717) is 6.04 Å². The van der Waals surface area contributed by atoms with E-state index >= 15 is 0 Å². The van der Waals surface area contributed by atoms with Gasteiger partial charge in [-0.3, -0.25) is 0 Å². The average Bonchev–Trinajstić information content (AvgIpc) is 2.96. The van der Waals surface area contributed by atoms with Crippen LogP contribution in [-0.2, 0) is 6.42 Å². The Morgan fingerprint density at radius 1 is 1.31 bits per heavy atom. The Morgan fingerprint density at radius 3 is 2.81 bits per heavy atom. The molecule has 0 saturated carbocycles. The van der Waals surface area contributed by atoms with Crippen LogP contribution in [0.1, 0.15) is 15.8 Å². The van der Waals surface area contributed by atoms with Crippen LogP contribution in [0, 0.1) is 0 Å². The highest BCUT2D eigenvalue weighted by Gasteiger charge is 2.16. The summed E-state index contributed by atoms with van der Waals surface area (Å²) in [5.74, 6) is 0.987. The summed E-state index contributed by atoms with van der Waals surface area (Å²) in [5.41, 5.74) is 0. The van der Waals surface area contributed by atoms with Gasteiger partial charge in [-0.05, 0) is 29.9 Å². The van der Waals surface area contributed by atoms with Crippen LogP contribution in [0.25, 0.3) is 0 Å². The summed E-state index contributed by atoms with van der Waals surface area (Å²) in [7, 11) is 3.72. The van der Waals surface area contributed by atoms with Crippen LogP contribution in [0.4, 0.5) is 0 Å². The third kappa shape index (κ3) is 2.45. The zero-order valence-electron chi connectivity index (χ0n) is 9.40. The molecule has 1 atom stereocenters. The number of thiophene rings is 2. The van der Waals surface area contributed by atoms with Crippen LogP contribution >= 0.6 is 22.7 Å². The number of methoxy groups -OCH3 is 1. The Bertz CT molecular complexity index is 422. The molecule has 2 nitrogen and oxygen atoms in total. The van der Waals surface area contributed by atoms with Crippen molar-refractivity contribution in [1.82, 2.24) is 5.32 Å². The van der Waals surface area contributed by atoms with Gasteiger partial charge in [-0.1, -0.05) is 6.07 Å². The fourth-order valence-corrected chi connectivity index (χ4v) is 3.41. The maximum atomic E-state index is 5.36. The maximum Gasteiger partial charge on any atom is 0.134 e. The van der Waals surface area contributed by atoms with Gasteiger partial charge in [-0.2, -0.15) is 0 Å². The molecule has 0 saturated heterocycles. The lowest BCUT2D eigenvalue weighted by Gasteiger charge is -2.15. The zero-order chi connectivity index (χ0) is 11.4. The zero-order valence-corrected chi connectivity index (χ0v) is 11.0. The molecular weight excluding hydrogens is 238 g/mol. The Kier molecular flexibility index (Phi) is 3.98. The lowest BCUT2D eigenvalue weighted by molar-refractivity contribution is 0.405. The third-order valence-electron chi connectivity index (χ3n) is 2.53. The summed E-state index contributed by atoms with van der Waals surface area (Å²) in [5, 5.41) is 7.55. The number of hydrogen-bond donors (Lipinski definition) is 1. The predicted molar refractivity (Wildman–Crippen MR) is 70.7 cm³/mol. The first kappa shape index (κ1) is 11.6. The van der Waals surface area contributed by atoms with Crippen LogP contribution in [-0.4, -0.2) is 14.2 Å². The molecular formula is C12H15NOS2. The Morgan fingerprint density at radius 2 is 2.19 bits per heavy atom. The maximum absolute atomic E-state index is 5.36. The lowest BCUT2D eigenvalue weighted by atomic mass is 10.1. The first-order chi connectivity index (χ1) is 7.85. The molecule has 0 fully saturated rings. The van der Waals surface area contributed by atoms with Gasteiger partial charge in [0, 0.05) is 17.3 Å². The number of likely N-dealkylation sites (N-methyl/N-ethyl adjacent to an activating group) is 1. The minimum atomic E-state index is 0.341. The van der Waals surface area contributed by atoms with Crippen LogP contribution in [0.15, 0.2) is 29.0 Å². The lowest BCUT2D eigenvalue weighted by Crippen LogP contribution is -2.17. The summed E-state index contributed by atoms with van der Waals surface area (Å²) in [6.07, 6.45) is 1.02. The van der Waals surface area contributed by atoms with E-state index in [1.165, 1.54) is 9.75 Å². The Labute approximate surface area is 104 Å². The standard InChI is InChI=1S/C12H15NOS2/c1-13-10(8-9-4-3-6-15-9)12-11(14-2)5-7-16-12/h3-7,10,13H,8H2,1-2H3. The summed E-state index contributed by atoms with van der Waals surface area (Å²) < 4.78 is 5.36. The van der Waals surface area contributed by atoms with Gasteiger partial charge in [0.2, 0.25) is 0 Å². The van der Waals surface area contributed by atoms with Gasteiger partial charge in [0.1, 0.15) is 5.75 Å². The van der Waals surface area contributed by atoms with Gasteiger partial charge in [-0.15, -0.1) is 22.7 Å². The quantitative estimate of drug-likeness (QED) is 0.882. The smallest absolute Gasteiger partial charge is 0.134 e. The molecule has 0 aliphatic heterocycles. The van der Waals surface area contributed by atoms with Gasteiger partial charge in [0.15, 0.2) is 0 Å². The number of hydrogen-bond acceptors (Lipinski definition) is 4. The second-order valence-electron chi connectivity index (χ2n) is 3.48. The summed E-state index contributed by atoms with van der Waals surface area (Å²) in [6.45, 7) is 0. The predicted octanol–water partition coefficient (Wildman–Crippen LogP) is 3.32. The molecule has 1 N–H and O–H groups in total. The van der Waals surface area contributed by atoms with Crippen molar-refractivity contribution in [3.8, 4) is 5.75 Å². The van der Waals surface area contributed by atoms with Gasteiger partial charge >= 0.3 is 0 Å². The van der Waals surface area contributed by atoms with Crippen LogP contribution < -0.4 is 10.1 Å². The van der Waals surface area contributed by atoms with Crippen molar-refractivity contribution < 1.29 is 4.74 Å². The van der Waals surface area contributed by atoms with E-state index < -0.39 is 0 Å². The molecule has 16 heavy (non-hydrogen) atoms. The van der Waals surface area contributed by atoms with Crippen molar-refractivity contribution >= 4 is 22.7 Å². The molecule has 2 heterocycles. The fourth-order valence-electron chi connectivity index (χ4n) is 1.69. The van der Waals surface area contributed by atoms with Gasteiger partial charge in [0.05, 0.1) is 12.0 Å². The topological polar surface area (TPSA) is 21.3 Å². The van der Waals surface area contributed by atoms with Crippen molar-refractivity contribution in [2.45, 2.75) is 12.5 Å². The molecule has 2 rings (SSSR count). The summed E-state index contributed by atoms with van der Waals surface area (Å²) in [6, 6.07) is 6.64. The second-order valence-corrected chi connectivity index (χ2v) is 5.46. The van der Waals surface area contributed by atoms with E-state index in [1.807, 2.05) is 13.1 Å². The van der Waals surface area contributed by atoms with E-state index in [9.17, 15) is 0 Å². The molecule has 0 bridgehead atoms. The average molecular weight is 253 g/mol. The monoisotopic (exact) mass is 253 g/mol. The van der Waals surface area contributed by atoms with Crippen LogP contribution in [0.3, 0.4) is 0 Å². The summed E-state index contributed by atoms with van der Waals surface area (Å²) >= 11 is 3.55. The normalized spacial score (nSPS) is 12.6. The Balaban J connectivity index is 2.16. The highest BCUT2D eigenvalue weighted by Crippen LogP contribution is 2.33. The van der Waals surface area contributed by atoms with Crippen molar-refractivity contribution in [2.24, 2.45) is 0 Å². The number of nitrogens with one attached hydrogen (secondary N) is 1. The van der Waals surface area contributed by atoms with Crippen molar-refractivity contribution in [3.63, 3.8) is 0 Å². The van der Waals surface area contributed by atoms with Crippen molar-refractivity contribution in [2.75, 3.05) is 14.2 Å². The minimum Gasteiger partial charge on any atom is -0.496 e. The molecule has 0 amide bonds. The number of rotatable bonds is 5. The van der Waals surface area contributed by atoms with Crippen LogP contribution in [0.5, 0.6) is 5.75 Å². The molecule has 0 spiro atoms. The van der Waals surface area contributed by atoms with E-state index in [4.69, 9.17) is 4.74 Å². The molecule has 0 aromatic carbocycles. The second kappa shape index (κ2) is 5.48. The molecule has 4 heteroatoms. The molecule has 2 aromatic rings. The summed E-state index contributed by atoms with van der Waals surface area (Å²) in [4.78, 5) is 2.67. The van der Waals surface area contributed by atoms with Crippen LogP contribution in [0.2, 0.25) is 0 Å². The third-order valence-corrected chi connectivity index (χ3v) is 4.44. The van der Waals surface area contributed by atoms with E-state index in [-0.39, 0.29) is 0 Å². The molecule has 2 aromatic heterocycles. The largest absolute Gasteiger partial charge is 0.496 e. The van der Waals surface area contributed by atoms with E-state index in [2.05, 4.69) is 28.2 Å². The van der Waals surface area contributed by atoms with Gasteiger partial charge < -0.3 is 10.1 Å². The minimum absolute atomic E-state index is 0.341. The first-order valence-corrected chi connectivity index (χ1v) is 6.92. The van der Waals surface area contributed by atoms with Crippen molar-refractivity contribution in [3.05, 3.63) is 38.7 Å². The Hall–Kier alpha value is -0.840. The fraction of sp³-hybridized carbons (Fsp3) is 0.333. The SMILES string of the molecule is CNC(Cc1cccs1)c1sccc1OC. The highest BCUT2D eigenvalue weighted by molar-refractivity contribution is 7.10. The molecule has 0 aliphatic carbocycles. The molecule has 0 aliphatic rings. The molecule has 86 valence electrons. The first-order valence-electron chi connectivity index (χ1n) is 5.16. The molecule has 1 unspecified atom stereocenters. The number of ether oxygens (including phenoxy) is 1.